The lowest BCUT2D eigenvalue weighted by molar-refractivity contribution is 0.111. The first-order chi connectivity index (χ1) is 13.1. The summed E-state index contributed by atoms with van der Waals surface area (Å²) < 4.78 is 31.9. The van der Waals surface area contributed by atoms with Crippen molar-refractivity contribution in [3.8, 4) is 5.75 Å². The molecule has 4 nitrogen and oxygen atoms in total. The fourth-order valence-electron chi connectivity index (χ4n) is 5.17. The van der Waals surface area contributed by atoms with Gasteiger partial charge in [0.25, 0.3) is 0 Å². The molecule has 0 amide bonds. The summed E-state index contributed by atoms with van der Waals surface area (Å²) >= 11 is 0. The molecule has 2 fully saturated rings. The van der Waals surface area contributed by atoms with Gasteiger partial charge in [0, 0.05) is 12.0 Å². The normalized spacial score (nSPS) is 25.8. The summed E-state index contributed by atoms with van der Waals surface area (Å²) in [4.78, 5) is 3.30. The number of nitrogens with zero attached hydrogens (tertiary/aromatic N) is 1. The summed E-state index contributed by atoms with van der Waals surface area (Å²) in [6, 6.07) is 15.2. The second-order valence-corrected chi connectivity index (χ2v) is 9.92. The van der Waals surface area contributed by atoms with Gasteiger partial charge in [-0.1, -0.05) is 37.1 Å². The fraction of sp³-hybridized carbons (Fsp3) is 0.455. The van der Waals surface area contributed by atoms with Crippen molar-refractivity contribution < 1.29 is 13.2 Å². The van der Waals surface area contributed by atoms with Crippen LogP contribution in [0.1, 0.15) is 43.6 Å². The van der Waals surface area contributed by atoms with Crippen LogP contribution in [0.3, 0.4) is 0 Å². The highest BCUT2D eigenvalue weighted by Gasteiger charge is 2.43. The van der Waals surface area contributed by atoms with E-state index >= 15 is 0 Å². The first-order valence-electron chi connectivity index (χ1n) is 9.97. The third-order valence-corrected chi connectivity index (χ3v) is 8.31. The van der Waals surface area contributed by atoms with Crippen LogP contribution in [-0.4, -0.2) is 38.6 Å². The summed E-state index contributed by atoms with van der Waals surface area (Å²) in [5.41, 5.74) is 1.18. The molecule has 27 heavy (non-hydrogen) atoms. The molecule has 1 aliphatic carbocycles. The maximum absolute atomic E-state index is 12.9. The van der Waals surface area contributed by atoms with Crippen molar-refractivity contribution in [3.05, 3.63) is 54.1 Å². The molecule has 2 unspecified atom stereocenters. The Morgan fingerprint density at radius 2 is 1.70 bits per heavy atom. The number of ether oxygens (including phenoxy) is 1. The lowest BCUT2D eigenvalue weighted by Gasteiger charge is -2.36. The largest absolute Gasteiger partial charge is 0.492 e. The average molecular weight is 384 g/mol. The Bertz CT molecular complexity index is 935. The molecule has 0 spiro atoms. The summed E-state index contributed by atoms with van der Waals surface area (Å²) in [5, 5.41) is 0. The molecule has 2 aromatic rings. The minimum absolute atomic E-state index is 0.316. The zero-order valence-electron chi connectivity index (χ0n) is 15.4. The van der Waals surface area contributed by atoms with E-state index in [1.54, 1.807) is 36.4 Å². The third kappa shape index (κ3) is 2.88. The average Bonchev–Trinajstić information content (AvgIpc) is 3.37. The van der Waals surface area contributed by atoms with Crippen molar-refractivity contribution >= 4 is 9.84 Å². The lowest BCUT2D eigenvalue weighted by Crippen LogP contribution is -2.44. The monoisotopic (exact) mass is 383 g/mol. The summed E-state index contributed by atoms with van der Waals surface area (Å²) in [7, 11) is -3.51. The Kier molecular flexibility index (Phi) is 4.25. The standard InChI is InChI=1S/C22H25NO3S/c24-27(25,17-8-2-1-3-9-17)18-10-11-20-19-12-13-23(16-6-4-5-7-16)21(19)15-26-22(20)14-18/h1-3,8-11,14,16,19,21H,4-7,12-13,15H2. The van der Waals surface area contributed by atoms with Crippen LogP contribution in [0.4, 0.5) is 0 Å². The van der Waals surface area contributed by atoms with E-state index in [0.29, 0.717) is 34.4 Å². The number of benzene rings is 2. The molecule has 2 heterocycles. The quantitative estimate of drug-likeness (QED) is 0.803. The second kappa shape index (κ2) is 6.64. The highest BCUT2D eigenvalue weighted by molar-refractivity contribution is 7.91. The Morgan fingerprint density at radius 1 is 0.926 bits per heavy atom. The van der Waals surface area contributed by atoms with Crippen LogP contribution in [0.5, 0.6) is 5.75 Å². The molecule has 0 bridgehead atoms. The van der Waals surface area contributed by atoms with E-state index in [1.807, 2.05) is 12.1 Å². The minimum atomic E-state index is -3.51. The smallest absolute Gasteiger partial charge is 0.206 e. The van der Waals surface area contributed by atoms with Gasteiger partial charge in [0.2, 0.25) is 9.84 Å². The van der Waals surface area contributed by atoms with Gasteiger partial charge in [0.05, 0.1) is 15.8 Å². The van der Waals surface area contributed by atoms with E-state index in [2.05, 4.69) is 4.90 Å². The van der Waals surface area contributed by atoms with Crippen LogP contribution < -0.4 is 4.74 Å². The first-order valence-corrected chi connectivity index (χ1v) is 11.5. The zero-order chi connectivity index (χ0) is 18.4. The molecular weight excluding hydrogens is 358 g/mol. The molecule has 1 saturated heterocycles. The van der Waals surface area contributed by atoms with Gasteiger partial charge >= 0.3 is 0 Å². The van der Waals surface area contributed by atoms with Crippen molar-refractivity contribution in [3.63, 3.8) is 0 Å². The molecule has 5 rings (SSSR count). The summed E-state index contributed by atoms with van der Waals surface area (Å²) in [6.07, 6.45) is 6.45. The highest BCUT2D eigenvalue weighted by Crippen LogP contribution is 2.45. The number of likely N-dealkylation sites (tertiary alicyclic amines) is 1. The van der Waals surface area contributed by atoms with Crippen molar-refractivity contribution in [1.29, 1.82) is 0 Å². The van der Waals surface area contributed by atoms with E-state index in [0.717, 1.165) is 18.7 Å². The topological polar surface area (TPSA) is 46.6 Å². The number of hydrogen-bond acceptors (Lipinski definition) is 4. The van der Waals surface area contributed by atoms with Gasteiger partial charge in [-0.2, -0.15) is 0 Å². The van der Waals surface area contributed by atoms with Crippen molar-refractivity contribution in [2.45, 2.75) is 59.9 Å². The van der Waals surface area contributed by atoms with Gasteiger partial charge in [-0.15, -0.1) is 0 Å². The van der Waals surface area contributed by atoms with Gasteiger partial charge in [0.15, 0.2) is 0 Å². The first kappa shape index (κ1) is 17.3. The number of sulfone groups is 1. The molecule has 0 N–H and O–H groups in total. The van der Waals surface area contributed by atoms with Gasteiger partial charge in [0.1, 0.15) is 12.4 Å². The van der Waals surface area contributed by atoms with Crippen molar-refractivity contribution in [2.75, 3.05) is 13.2 Å². The Morgan fingerprint density at radius 3 is 2.48 bits per heavy atom. The molecular formula is C22H25NO3S. The van der Waals surface area contributed by atoms with Crippen LogP contribution >= 0.6 is 0 Å². The van der Waals surface area contributed by atoms with Crippen molar-refractivity contribution in [1.82, 2.24) is 4.90 Å². The van der Waals surface area contributed by atoms with Gasteiger partial charge in [-0.3, -0.25) is 4.90 Å². The molecule has 142 valence electrons. The van der Waals surface area contributed by atoms with Gasteiger partial charge < -0.3 is 4.74 Å². The molecule has 2 aromatic carbocycles. The predicted molar refractivity (Wildman–Crippen MR) is 104 cm³/mol. The molecule has 3 aliphatic rings. The number of rotatable bonds is 3. The minimum Gasteiger partial charge on any atom is -0.492 e. The molecule has 0 aromatic heterocycles. The number of hydrogen-bond donors (Lipinski definition) is 0. The molecule has 5 heteroatoms. The molecule has 0 radical (unpaired) electrons. The van der Waals surface area contributed by atoms with Crippen molar-refractivity contribution in [2.24, 2.45) is 0 Å². The molecule has 1 saturated carbocycles. The van der Waals surface area contributed by atoms with E-state index in [4.69, 9.17) is 4.74 Å². The maximum atomic E-state index is 12.9. The molecule has 2 aliphatic heterocycles. The van der Waals surface area contributed by atoms with Crippen LogP contribution in [0.25, 0.3) is 0 Å². The van der Waals surface area contributed by atoms with E-state index < -0.39 is 9.84 Å². The lowest BCUT2D eigenvalue weighted by atomic mass is 9.89. The SMILES string of the molecule is O=S(=O)(c1ccccc1)c1ccc2c(c1)OCC1C2CCN1C1CCCC1. The highest BCUT2D eigenvalue weighted by atomic mass is 32.2. The Labute approximate surface area is 161 Å². The third-order valence-electron chi connectivity index (χ3n) is 6.54. The van der Waals surface area contributed by atoms with Crippen LogP contribution in [-0.2, 0) is 9.84 Å². The van der Waals surface area contributed by atoms with Crippen LogP contribution in [0.2, 0.25) is 0 Å². The maximum Gasteiger partial charge on any atom is 0.206 e. The van der Waals surface area contributed by atoms with Gasteiger partial charge in [-0.05, 0) is 55.6 Å². The summed E-state index contributed by atoms with van der Waals surface area (Å²) in [5.74, 6) is 1.21. The predicted octanol–water partition coefficient (Wildman–Crippen LogP) is 4.01. The van der Waals surface area contributed by atoms with Gasteiger partial charge in [-0.25, -0.2) is 8.42 Å². The van der Waals surface area contributed by atoms with E-state index in [9.17, 15) is 8.42 Å². The van der Waals surface area contributed by atoms with E-state index in [1.165, 1.54) is 31.2 Å². The Balaban J connectivity index is 1.45. The Hall–Kier alpha value is -1.85. The summed E-state index contributed by atoms with van der Waals surface area (Å²) in [6.45, 7) is 1.80. The van der Waals surface area contributed by atoms with E-state index in [-0.39, 0.29) is 0 Å². The number of fused-ring (bicyclic) bond motifs is 3. The van der Waals surface area contributed by atoms with Crippen LogP contribution in [0.15, 0.2) is 58.3 Å². The van der Waals surface area contributed by atoms with Crippen LogP contribution in [0, 0.1) is 0 Å². The second-order valence-electron chi connectivity index (χ2n) is 7.97. The zero-order valence-corrected chi connectivity index (χ0v) is 16.2. The fourth-order valence-corrected chi connectivity index (χ4v) is 6.46. The molecule has 2 atom stereocenters.